The molecule has 1 saturated carbocycles. The van der Waals surface area contributed by atoms with Gasteiger partial charge in [0.1, 0.15) is 0 Å². The molecule has 0 unspecified atom stereocenters. The molecule has 0 aromatic heterocycles. The molecule has 1 aliphatic rings. The molecule has 0 heterocycles. The summed E-state index contributed by atoms with van der Waals surface area (Å²) < 4.78 is 0. The largest absolute Gasteiger partial charge is 0.481 e. The van der Waals surface area contributed by atoms with E-state index in [-0.39, 0.29) is 0 Å². The Balaban J connectivity index is 1.95. The molecule has 4 heteroatoms. The number of rotatable bonds is 4. The summed E-state index contributed by atoms with van der Waals surface area (Å²) in [5.41, 5.74) is 0.893. The molecule has 1 aromatic carbocycles. The van der Waals surface area contributed by atoms with E-state index in [4.69, 9.17) is 10.4 Å². The Bertz CT molecular complexity index is 441. The zero-order valence-corrected chi connectivity index (χ0v) is 8.73. The van der Waals surface area contributed by atoms with E-state index in [1.807, 2.05) is 6.07 Å². The van der Waals surface area contributed by atoms with Crippen LogP contribution in [0.25, 0.3) is 0 Å². The molecule has 0 saturated heterocycles. The lowest BCUT2D eigenvalue weighted by Crippen LogP contribution is -2.24. The van der Waals surface area contributed by atoms with Crippen LogP contribution in [0.3, 0.4) is 0 Å². The number of carbonyl (C=O) groups is 1. The Morgan fingerprint density at radius 3 is 2.50 bits per heavy atom. The molecule has 0 radical (unpaired) electrons. The second kappa shape index (κ2) is 3.86. The van der Waals surface area contributed by atoms with Crippen molar-refractivity contribution in [1.82, 2.24) is 0 Å². The minimum absolute atomic E-state index is 0.453. The highest BCUT2D eigenvalue weighted by atomic mass is 16.4. The van der Waals surface area contributed by atoms with Crippen molar-refractivity contribution in [3.8, 4) is 6.07 Å². The molecule has 2 N–H and O–H groups in total. The zero-order valence-electron chi connectivity index (χ0n) is 8.73. The van der Waals surface area contributed by atoms with Gasteiger partial charge in [-0.25, -0.2) is 0 Å². The van der Waals surface area contributed by atoms with Crippen LogP contribution in [0.4, 0.5) is 5.69 Å². The van der Waals surface area contributed by atoms with Gasteiger partial charge in [-0.15, -0.1) is 0 Å². The predicted octanol–water partition coefficient (Wildman–Crippen LogP) is 1.83. The molecule has 82 valence electrons. The molecular formula is C12H12N2O2. The zero-order chi connectivity index (χ0) is 11.6. The van der Waals surface area contributed by atoms with Crippen molar-refractivity contribution in [2.45, 2.75) is 12.8 Å². The van der Waals surface area contributed by atoms with Gasteiger partial charge in [-0.1, -0.05) is 0 Å². The number of nitrogens with zero attached hydrogens (tertiary/aromatic N) is 1. The van der Waals surface area contributed by atoms with E-state index in [1.165, 1.54) is 0 Å². The lowest BCUT2D eigenvalue weighted by molar-refractivity contribution is -0.142. The number of hydrogen-bond donors (Lipinski definition) is 2. The van der Waals surface area contributed by atoms with Crippen molar-refractivity contribution in [3.63, 3.8) is 0 Å². The van der Waals surface area contributed by atoms with Gasteiger partial charge in [-0.3, -0.25) is 4.79 Å². The summed E-state index contributed by atoms with van der Waals surface area (Å²) in [5.74, 6) is -0.728. The Labute approximate surface area is 93.5 Å². The minimum Gasteiger partial charge on any atom is -0.481 e. The minimum atomic E-state index is -0.728. The first-order chi connectivity index (χ1) is 7.66. The summed E-state index contributed by atoms with van der Waals surface area (Å²) >= 11 is 0. The molecule has 0 spiro atoms. The number of nitriles is 1. The van der Waals surface area contributed by atoms with E-state index >= 15 is 0 Å². The summed E-state index contributed by atoms with van der Waals surface area (Å²) in [5, 5.41) is 20.7. The Morgan fingerprint density at radius 2 is 2.06 bits per heavy atom. The average molecular weight is 216 g/mol. The quantitative estimate of drug-likeness (QED) is 0.805. The van der Waals surface area contributed by atoms with Gasteiger partial charge in [-0.05, 0) is 37.1 Å². The van der Waals surface area contributed by atoms with Crippen LogP contribution >= 0.6 is 0 Å². The fourth-order valence-electron chi connectivity index (χ4n) is 1.55. The second-order valence-corrected chi connectivity index (χ2v) is 4.13. The Kier molecular flexibility index (Phi) is 2.53. The fraction of sp³-hybridized carbons (Fsp3) is 0.333. The molecular weight excluding hydrogens is 204 g/mol. The van der Waals surface area contributed by atoms with Gasteiger partial charge < -0.3 is 10.4 Å². The van der Waals surface area contributed by atoms with E-state index in [1.54, 1.807) is 24.3 Å². The number of hydrogen-bond acceptors (Lipinski definition) is 3. The van der Waals surface area contributed by atoms with Crippen LogP contribution < -0.4 is 5.32 Å². The molecule has 1 fully saturated rings. The molecule has 1 aromatic rings. The van der Waals surface area contributed by atoms with Crippen molar-refractivity contribution in [2.24, 2.45) is 5.41 Å². The summed E-state index contributed by atoms with van der Waals surface area (Å²) in [6, 6.07) is 9.03. The second-order valence-electron chi connectivity index (χ2n) is 4.13. The van der Waals surface area contributed by atoms with Crippen molar-refractivity contribution >= 4 is 11.7 Å². The monoisotopic (exact) mass is 216 g/mol. The van der Waals surface area contributed by atoms with Crippen LogP contribution in [0.1, 0.15) is 18.4 Å². The highest BCUT2D eigenvalue weighted by molar-refractivity contribution is 5.78. The maximum absolute atomic E-state index is 10.9. The molecule has 0 bridgehead atoms. The third kappa shape index (κ3) is 1.98. The van der Waals surface area contributed by atoms with E-state index in [2.05, 4.69) is 5.32 Å². The van der Waals surface area contributed by atoms with Gasteiger partial charge >= 0.3 is 5.97 Å². The van der Waals surface area contributed by atoms with E-state index in [0.717, 1.165) is 18.5 Å². The van der Waals surface area contributed by atoms with Crippen LogP contribution in [0, 0.1) is 16.7 Å². The van der Waals surface area contributed by atoms with Gasteiger partial charge in [0.2, 0.25) is 0 Å². The lowest BCUT2D eigenvalue weighted by Gasteiger charge is -2.11. The van der Waals surface area contributed by atoms with E-state index in [0.29, 0.717) is 12.1 Å². The predicted molar refractivity (Wildman–Crippen MR) is 58.9 cm³/mol. The summed E-state index contributed by atoms with van der Waals surface area (Å²) in [6.45, 7) is 0.453. The van der Waals surface area contributed by atoms with E-state index in [9.17, 15) is 4.79 Å². The Morgan fingerprint density at radius 1 is 1.44 bits per heavy atom. The fourth-order valence-corrected chi connectivity index (χ4v) is 1.55. The van der Waals surface area contributed by atoms with Crippen LogP contribution in [0.15, 0.2) is 24.3 Å². The maximum atomic E-state index is 10.9. The smallest absolute Gasteiger partial charge is 0.311 e. The number of aliphatic carboxylic acids is 1. The number of benzene rings is 1. The molecule has 0 amide bonds. The van der Waals surface area contributed by atoms with Gasteiger partial charge in [0.15, 0.2) is 0 Å². The first kappa shape index (κ1) is 10.5. The number of carboxylic acids is 1. The average Bonchev–Trinajstić information content (AvgIpc) is 3.08. The molecule has 0 aliphatic heterocycles. The topological polar surface area (TPSA) is 73.1 Å². The van der Waals surface area contributed by atoms with Crippen LogP contribution in [-0.2, 0) is 4.79 Å². The standard InChI is InChI=1S/C12H12N2O2/c13-7-9-1-3-10(4-2-9)14-8-12(5-6-12)11(15)16/h1-4,14H,5-6,8H2,(H,15,16). The van der Waals surface area contributed by atoms with Crippen molar-refractivity contribution in [2.75, 3.05) is 11.9 Å². The Hall–Kier alpha value is -2.02. The third-order valence-electron chi connectivity index (χ3n) is 2.95. The van der Waals surface area contributed by atoms with E-state index < -0.39 is 11.4 Å². The third-order valence-corrected chi connectivity index (χ3v) is 2.95. The summed E-state index contributed by atoms with van der Waals surface area (Å²) in [4.78, 5) is 10.9. The highest BCUT2D eigenvalue weighted by Gasteiger charge is 2.49. The number of nitrogens with one attached hydrogen (secondary N) is 1. The molecule has 2 rings (SSSR count). The van der Waals surface area contributed by atoms with Gasteiger partial charge in [0, 0.05) is 12.2 Å². The number of carboxylic acid groups (broad SMARTS) is 1. The highest BCUT2D eigenvalue weighted by Crippen LogP contribution is 2.45. The van der Waals surface area contributed by atoms with Crippen LogP contribution in [0.5, 0.6) is 0 Å². The van der Waals surface area contributed by atoms with Gasteiger partial charge in [0.05, 0.1) is 17.0 Å². The van der Waals surface area contributed by atoms with Gasteiger partial charge in [-0.2, -0.15) is 5.26 Å². The normalized spacial score (nSPS) is 16.2. The molecule has 0 atom stereocenters. The molecule has 16 heavy (non-hydrogen) atoms. The lowest BCUT2D eigenvalue weighted by atomic mass is 10.1. The summed E-state index contributed by atoms with van der Waals surface area (Å²) in [7, 11) is 0. The maximum Gasteiger partial charge on any atom is 0.311 e. The SMILES string of the molecule is N#Cc1ccc(NCC2(C(=O)O)CC2)cc1. The first-order valence-corrected chi connectivity index (χ1v) is 5.14. The van der Waals surface area contributed by atoms with Crippen molar-refractivity contribution < 1.29 is 9.90 Å². The summed E-state index contributed by atoms with van der Waals surface area (Å²) in [6.07, 6.45) is 1.48. The molecule has 1 aliphatic carbocycles. The van der Waals surface area contributed by atoms with Gasteiger partial charge in [0.25, 0.3) is 0 Å². The molecule has 4 nitrogen and oxygen atoms in total. The number of anilines is 1. The van der Waals surface area contributed by atoms with Crippen LogP contribution in [-0.4, -0.2) is 17.6 Å². The first-order valence-electron chi connectivity index (χ1n) is 5.14. The van der Waals surface area contributed by atoms with Crippen LogP contribution in [0.2, 0.25) is 0 Å². The van der Waals surface area contributed by atoms with Crippen molar-refractivity contribution in [3.05, 3.63) is 29.8 Å². The van der Waals surface area contributed by atoms with Crippen molar-refractivity contribution in [1.29, 1.82) is 5.26 Å².